The molecule has 0 radical (unpaired) electrons. The van der Waals surface area contributed by atoms with Crippen LogP contribution in [-0.2, 0) is 9.53 Å². The lowest BCUT2D eigenvalue weighted by atomic mass is 9.85. The van der Waals surface area contributed by atoms with Crippen LogP contribution in [0.4, 0.5) is 5.69 Å². The normalized spacial score (nSPS) is 19.1. The molecule has 2 aromatic carbocycles. The molecule has 176 valence electrons. The Bertz CT molecular complexity index is 969. The molecule has 1 saturated carbocycles. The summed E-state index contributed by atoms with van der Waals surface area (Å²) < 4.78 is 5.42. The van der Waals surface area contributed by atoms with Crippen molar-refractivity contribution >= 4 is 17.5 Å². The molecule has 1 aliphatic carbocycles. The number of anilines is 1. The highest BCUT2D eigenvalue weighted by molar-refractivity contribution is 5.97. The van der Waals surface area contributed by atoms with Crippen LogP contribution < -0.4 is 16.0 Å². The molecule has 1 atom stereocenters. The first-order valence-electron chi connectivity index (χ1n) is 12.1. The monoisotopic (exact) mass is 449 g/mol. The number of carbonyl (C=O) groups is 2. The predicted molar refractivity (Wildman–Crippen MR) is 131 cm³/mol. The Labute approximate surface area is 196 Å². The van der Waals surface area contributed by atoms with Crippen LogP contribution in [0, 0.1) is 0 Å². The highest BCUT2D eigenvalue weighted by Gasteiger charge is 2.32. The summed E-state index contributed by atoms with van der Waals surface area (Å²) in [7, 11) is 1.77. The zero-order valence-corrected chi connectivity index (χ0v) is 19.5. The van der Waals surface area contributed by atoms with Crippen molar-refractivity contribution in [2.75, 3.05) is 32.1 Å². The number of amides is 2. The van der Waals surface area contributed by atoms with E-state index in [2.05, 4.69) is 22.0 Å². The lowest BCUT2D eigenvalue weighted by molar-refractivity contribution is -0.116. The summed E-state index contributed by atoms with van der Waals surface area (Å²) >= 11 is 0. The van der Waals surface area contributed by atoms with E-state index in [-0.39, 0.29) is 23.3 Å². The van der Waals surface area contributed by atoms with Gasteiger partial charge in [0, 0.05) is 42.8 Å². The van der Waals surface area contributed by atoms with Gasteiger partial charge in [-0.1, -0.05) is 43.2 Å². The van der Waals surface area contributed by atoms with Gasteiger partial charge in [0.25, 0.3) is 5.91 Å². The summed E-state index contributed by atoms with van der Waals surface area (Å²) in [6.45, 7) is 2.24. The maximum Gasteiger partial charge on any atom is 0.251 e. The number of nitrogens with one attached hydrogen (secondary N) is 3. The SMILES string of the molecule is COCC1(NCCCCC(=O)Nc2cccc(C3CNC(=O)c4ccccc43)c2)CCCC1. The van der Waals surface area contributed by atoms with E-state index in [1.54, 1.807) is 7.11 Å². The largest absolute Gasteiger partial charge is 0.383 e. The Morgan fingerprint density at radius 3 is 2.76 bits per heavy atom. The first-order chi connectivity index (χ1) is 16.1. The van der Waals surface area contributed by atoms with Crippen molar-refractivity contribution in [2.45, 2.75) is 56.4 Å². The van der Waals surface area contributed by atoms with E-state index in [0.29, 0.717) is 13.0 Å². The zero-order valence-electron chi connectivity index (χ0n) is 19.5. The third-order valence-corrected chi connectivity index (χ3v) is 6.93. The van der Waals surface area contributed by atoms with Crippen LogP contribution in [0.5, 0.6) is 0 Å². The number of methoxy groups -OCH3 is 1. The van der Waals surface area contributed by atoms with E-state index >= 15 is 0 Å². The molecule has 3 N–H and O–H groups in total. The number of unbranched alkanes of at least 4 members (excludes halogenated alkanes) is 1. The first kappa shape index (κ1) is 23.5. The smallest absolute Gasteiger partial charge is 0.251 e. The summed E-state index contributed by atoms with van der Waals surface area (Å²) in [5.41, 5.74) is 3.78. The van der Waals surface area contributed by atoms with E-state index in [0.717, 1.165) is 48.4 Å². The summed E-state index contributed by atoms with van der Waals surface area (Å²) in [6, 6.07) is 15.7. The number of fused-ring (bicyclic) bond motifs is 1. The third kappa shape index (κ3) is 5.81. The number of ether oxygens (including phenoxy) is 1. The molecule has 2 aliphatic rings. The second-order valence-corrected chi connectivity index (χ2v) is 9.33. The van der Waals surface area contributed by atoms with Gasteiger partial charge in [-0.05, 0) is 61.6 Å². The molecule has 2 amide bonds. The van der Waals surface area contributed by atoms with Gasteiger partial charge in [0.2, 0.25) is 5.91 Å². The van der Waals surface area contributed by atoms with Crippen molar-refractivity contribution in [2.24, 2.45) is 0 Å². The number of hydrogen-bond acceptors (Lipinski definition) is 4. The average Bonchev–Trinajstić information content (AvgIpc) is 3.28. The van der Waals surface area contributed by atoms with Crippen LogP contribution in [0.1, 0.15) is 72.3 Å². The van der Waals surface area contributed by atoms with Crippen LogP contribution in [-0.4, -0.2) is 44.2 Å². The molecule has 0 bridgehead atoms. The number of hydrogen-bond donors (Lipinski definition) is 3. The Balaban J connectivity index is 1.27. The minimum atomic E-state index is -0.0260. The second kappa shape index (κ2) is 10.9. The molecule has 0 saturated heterocycles. The molecule has 1 aliphatic heterocycles. The van der Waals surface area contributed by atoms with E-state index < -0.39 is 0 Å². The molecule has 1 heterocycles. The van der Waals surface area contributed by atoms with Crippen LogP contribution in [0.2, 0.25) is 0 Å². The minimum Gasteiger partial charge on any atom is -0.383 e. The maximum atomic E-state index is 12.5. The third-order valence-electron chi connectivity index (χ3n) is 6.93. The lowest BCUT2D eigenvalue weighted by Crippen LogP contribution is -2.47. The highest BCUT2D eigenvalue weighted by Crippen LogP contribution is 2.31. The zero-order chi connectivity index (χ0) is 23.1. The van der Waals surface area contributed by atoms with Crippen molar-refractivity contribution in [1.82, 2.24) is 10.6 Å². The Kier molecular flexibility index (Phi) is 7.78. The van der Waals surface area contributed by atoms with Gasteiger partial charge in [-0.3, -0.25) is 9.59 Å². The Morgan fingerprint density at radius 2 is 1.94 bits per heavy atom. The molecule has 6 nitrogen and oxygen atoms in total. The quantitative estimate of drug-likeness (QED) is 0.475. The highest BCUT2D eigenvalue weighted by atomic mass is 16.5. The molecule has 0 aromatic heterocycles. The summed E-state index contributed by atoms with van der Waals surface area (Å²) in [4.78, 5) is 24.7. The molecule has 6 heteroatoms. The van der Waals surface area contributed by atoms with Crippen LogP contribution in [0.3, 0.4) is 0 Å². The fourth-order valence-electron chi connectivity index (χ4n) is 5.23. The molecule has 1 unspecified atom stereocenters. The fourth-order valence-corrected chi connectivity index (χ4v) is 5.23. The minimum absolute atomic E-state index is 0.0260. The summed E-state index contributed by atoms with van der Waals surface area (Å²) in [6.07, 6.45) is 7.19. The van der Waals surface area contributed by atoms with Crippen molar-refractivity contribution in [3.05, 3.63) is 65.2 Å². The topological polar surface area (TPSA) is 79.5 Å². The Morgan fingerprint density at radius 1 is 1.12 bits per heavy atom. The van der Waals surface area contributed by atoms with Crippen LogP contribution in [0.15, 0.2) is 48.5 Å². The fraction of sp³-hybridized carbons (Fsp3) is 0.481. The van der Waals surface area contributed by atoms with Crippen molar-refractivity contribution in [1.29, 1.82) is 0 Å². The van der Waals surface area contributed by atoms with Gasteiger partial charge in [-0.2, -0.15) is 0 Å². The molecule has 33 heavy (non-hydrogen) atoms. The molecular weight excluding hydrogens is 414 g/mol. The van der Waals surface area contributed by atoms with Gasteiger partial charge in [-0.25, -0.2) is 0 Å². The molecule has 1 fully saturated rings. The van der Waals surface area contributed by atoms with Crippen LogP contribution >= 0.6 is 0 Å². The summed E-state index contributed by atoms with van der Waals surface area (Å²) in [5, 5.41) is 9.71. The average molecular weight is 450 g/mol. The molecular formula is C27H35N3O3. The van der Waals surface area contributed by atoms with Gasteiger partial charge in [0.05, 0.1) is 6.61 Å². The molecule has 4 rings (SSSR count). The number of carbonyl (C=O) groups excluding carboxylic acids is 2. The van der Waals surface area contributed by atoms with Gasteiger partial charge >= 0.3 is 0 Å². The van der Waals surface area contributed by atoms with E-state index in [9.17, 15) is 9.59 Å². The van der Waals surface area contributed by atoms with E-state index in [4.69, 9.17) is 4.74 Å². The predicted octanol–water partition coefficient (Wildman–Crippen LogP) is 4.22. The molecule has 0 spiro atoms. The van der Waals surface area contributed by atoms with Gasteiger partial charge in [-0.15, -0.1) is 0 Å². The standard InChI is InChI=1S/C27H35N3O3/c1-33-19-27(14-5-6-15-27)29-16-7-4-13-25(31)30-21-10-8-9-20(17-21)24-18-28-26(32)23-12-3-2-11-22(23)24/h2-3,8-12,17,24,29H,4-7,13-16,18-19H2,1H3,(H,28,32)(H,30,31). The van der Waals surface area contributed by atoms with Gasteiger partial charge in [0.1, 0.15) is 0 Å². The Hall–Kier alpha value is -2.70. The van der Waals surface area contributed by atoms with Gasteiger partial charge < -0.3 is 20.7 Å². The van der Waals surface area contributed by atoms with Crippen LogP contribution in [0.25, 0.3) is 0 Å². The lowest BCUT2D eigenvalue weighted by Gasteiger charge is -2.29. The number of rotatable bonds is 10. The number of benzene rings is 2. The second-order valence-electron chi connectivity index (χ2n) is 9.33. The van der Waals surface area contributed by atoms with E-state index in [1.807, 2.05) is 42.5 Å². The molecule has 2 aromatic rings. The van der Waals surface area contributed by atoms with Gasteiger partial charge in [0.15, 0.2) is 0 Å². The van der Waals surface area contributed by atoms with Crippen molar-refractivity contribution < 1.29 is 14.3 Å². The van der Waals surface area contributed by atoms with Crippen molar-refractivity contribution in [3.8, 4) is 0 Å². The van der Waals surface area contributed by atoms with Crippen molar-refractivity contribution in [3.63, 3.8) is 0 Å². The van der Waals surface area contributed by atoms with E-state index in [1.165, 1.54) is 25.7 Å². The maximum absolute atomic E-state index is 12.5. The first-order valence-corrected chi connectivity index (χ1v) is 12.1. The summed E-state index contributed by atoms with van der Waals surface area (Å²) in [5.74, 6) is 0.0932.